The largest absolute Gasteiger partial charge is 0.365 e. The molecule has 0 saturated carbocycles. The van der Waals surface area contributed by atoms with E-state index in [4.69, 9.17) is 5.73 Å². The molecule has 150 valence electrons. The van der Waals surface area contributed by atoms with Gasteiger partial charge in [-0.15, -0.1) is 0 Å². The first-order valence-electron chi connectivity index (χ1n) is 9.07. The van der Waals surface area contributed by atoms with Crippen LogP contribution < -0.4 is 16.4 Å². The Balaban J connectivity index is 1.71. The van der Waals surface area contributed by atoms with Gasteiger partial charge in [0.25, 0.3) is 11.8 Å². The number of aryl methyl sites for hydroxylation is 2. The zero-order valence-corrected chi connectivity index (χ0v) is 16.4. The van der Waals surface area contributed by atoms with Crippen molar-refractivity contribution in [1.82, 2.24) is 19.9 Å². The third kappa shape index (κ3) is 4.08. The maximum atomic E-state index is 12.3. The standard InChI is InChI=1S/C20H22N6O3/c1-11-15(12(2)26-19(24-11)16(10-23-26)18(21)28)8-9-17(27)25-14-6-4-13(5-7-14)20(29)22-3/h4-7,10H,8-9H2,1-3H3,(H2,21,28)(H,22,29)(H,25,27). The summed E-state index contributed by atoms with van der Waals surface area (Å²) in [4.78, 5) is 39.9. The number of benzene rings is 1. The summed E-state index contributed by atoms with van der Waals surface area (Å²) >= 11 is 0. The number of hydrogen-bond acceptors (Lipinski definition) is 5. The number of fused-ring (bicyclic) bond motifs is 1. The first kappa shape index (κ1) is 20.0. The van der Waals surface area contributed by atoms with Gasteiger partial charge in [-0.25, -0.2) is 9.50 Å². The summed E-state index contributed by atoms with van der Waals surface area (Å²) in [5, 5.41) is 9.55. The smallest absolute Gasteiger partial charge is 0.254 e. The van der Waals surface area contributed by atoms with Crippen LogP contribution in [0.1, 0.15) is 44.1 Å². The number of carbonyl (C=O) groups is 3. The van der Waals surface area contributed by atoms with E-state index in [0.717, 1.165) is 17.0 Å². The number of anilines is 1. The number of nitrogens with one attached hydrogen (secondary N) is 2. The number of aromatic nitrogens is 3. The average Bonchev–Trinajstić information content (AvgIpc) is 3.12. The number of carbonyl (C=O) groups excluding carboxylic acids is 3. The van der Waals surface area contributed by atoms with Crippen LogP contribution in [0.25, 0.3) is 5.65 Å². The summed E-state index contributed by atoms with van der Waals surface area (Å²) in [7, 11) is 1.56. The van der Waals surface area contributed by atoms with Crippen LogP contribution in [0.5, 0.6) is 0 Å². The van der Waals surface area contributed by atoms with Gasteiger partial charge in [-0.05, 0) is 50.1 Å². The van der Waals surface area contributed by atoms with Crippen LogP contribution in [0, 0.1) is 13.8 Å². The topological polar surface area (TPSA) is 131 Å². The molecule has 0 aliphatic rings. The molecule has 0 aliphatic heterocycles. The van der Waals surface area contributed by atoms with E-state index in [1.54, 1.807) is 35.8 Å². The SMILES string of the molecule is CNC(=O)c1ccc(NC(=O)CCc2c(C)nc3c(C(N)=O)cnn3c2C)cc1. The van der Waals surface area contributed by atoms with E-state index >= 15 is 0 Å². The monoisotopic (exact) mass is 394 g/mol. The van der Waals surface area contributed by atoms with Crippen LogP contribution in [0.4, 0.5) is 5.69 Å². The van der Waals surface area contributed by atoms with E-state index in [2.05, 4.69) is 20.7 Å². The van der Waals surface area contributed by atoms with Crippen molar-refractivity contribution < 1.29 is 14.4 Å². The summed E-state index contributed by atoms with van der Waals surface area (Å²) in [6.45, 7) is 3.69. The zero-order chi connectivity index (χ0) is 21.1. The molecule has 0 radical (unpaired) electrons. The Kier molecular flexibility index (Phi) is 5.58. The molecule has 29 heavy (non-hydrogen) atoms. The van der Waals surface area contributed by atoms with Crippen LogP contribution in [0.15, 0.2) is 30.5 Å². The maximum Gasteiger partial charge on any atom is 0.254 e. The molecule has 2 heterocycles. The second kappa shape index (κ2) is 8.09. The lowest BCUT2D eigenvalue weighted by Gasteiger charge is -2.12. The fraction of sp³-hybridized carbons (Fsp3) is 0.250. The zero-order valence-electron chi connectivity index (χ0n) is 16.4. The Bertz CT molecular complexity index is 1100. The lowest BCUT2D eigenvalue weighted by molar-refractivity contribution is -0.116. The van der Waals surface area contributed by atoms with Crippen molar-refractivity contribution in [3.63, 3.8) is 0 Å². The number of nitrogens with zero attached hydrogens (tertiary/aromatic N) is 3. The van der Waals surface area contributed by atoms with Gasteiger partial charge in [0.2, 0.25) is 5.91 Å². The van der Waals surface area contributed by atoms with E-state index < -0.39 is 5.91 Å². The molecule has 9 nitrogen and oxygen atoms in total. The van der Waals surface area contributed by atoms with E-state index in [9.17, 15) is 14.4 Å². The fourth-order valence-corrected chi connectivity index (χ4v) is 3.16. The van der Waals surface area contributed by atoms with Crippen LogP contribution >= 0.6 is 0 Å². The lowest BCUT2D eigenvalue weighted by Crippen LogP contribution is -2.18. The van der Waals surface area contributed by atoms with Crippen molar-refractivity contribution in [2.75, 3.05) is 12.4 Å². The number of primary amides is 1. The Labute approximate surface area is 167 Å². The minimum absolute atomic E-state index is 0.158. The van der Waals surface area contributed by atoms with Crippen LogP contribution in [-0.4, -0.2) is 39.4 Å². The normalized spacial score (nSPS) is 10.7. The first-order chi connectivity index (χ1) is 13.8. The molecule has 0 saturated heterocycles. The number of nitrogens with two attached hydrogens (primary N) is 1. The van der Waals surface area contributed by atoms with Gasteiger partial charge in [-0.1, -0.05) is 0 Å². The lowest BCUT2D eigenvalue weighted by atomic mass is 10.1. The highest BCUT2D eigenvalue weighted by atomic mass is 16.2. The fourth-order valence-electron chi connectivity index (χ4n) is 3.16. The molecular formula is C20H22N6O3. The van der Waals surface area contributed by atoms with E-state index in [0.29, 0.717) is 23.3 Å². The van der Waals surface area contributed by atoms with Gasteiger partial charge in [0.05, 0.1) is 6.20 Å². The molecule has 9 heteroatoms. The summed E-state index contributed by atoms with van der Waals surface area (Å²) in [6.07, 6.45) is 2.11. The molecule has 0 atom stereocenters. The van der Waals surface area contributed by atoms with Gasteiger partial charge in [0.1, 0.15) is 5.56 Å². The van der Waals surface area contributed by atoms with Crippen molar-refractivity contribution in [1.29, 1.82) is 0 Å². The molecule has 0 aliphatic carbocycles. The molecule has 1 aromatic carbocycles. The third-order valence-electron chi connectivity index (χ3n) is 4.73. The highest BCUT2D eigenvalue weighted by Crippen LogP contribution is 2.19. The molecular weight excluding hydrogens is 372 g/mol. The summed E-state index contributed by atoms with van der Waals surface area (Å²) in [5.41, 5.74) is 9.59. The predicted octanol–water partition coefficient (Wildman–Crippen LogP) is 1.38. The minimum Gasteiger partial charge on any atom is -0.365 e. The Hall–Kier alpha value is -3.75. The van der Waals surface area contributed by atoms with Crippen LogP contribution in [-0.2, 0) is 11.2 Å². The Morgan fingerprint density at radius 2 is 1.83 bits per heavy atom. The average molecular weight is 394 g/mol. The van der Waals surface area contributed by atoms with E-state index in [-0.39, 0.29) is 23.8 Å². The quantitative estimate of drug-likeness (QED) is 0.581. The molecule has 4 N–H and O–H groups in total. The van der Waals surface area contributed by atoms with Crippen LogP contribution in [0.2, 0.25) is 0 Å². The number of amides is 3. The molecule has 0 fully saturated rings. The molecule has 3 rings (SSSR count). The second-order valence-electron chi connectivity index (χ2n) is 6.62. The van der Waals surface area contributed by atoms with Gasteiger partial charge in [-0.3, -0.25) is 14.4 Å². The Morgan fingerprint density at radius 3 is 2.45 bits per heavy atom. The first-order valence-corrected chi connectivity index (χ1v) is 9.07. The van der Waals surface area contributed by atoms with Gasteiger partial charge in [0, 0.05) is 36.1 Å². The predicted molar refractivity (Wildman–Crippen MR) is 108 cm³/mol. The van der Waals surface area contributed by atoms with Gasteiger partial charge >= 0.3 is 0 Å². The highest BCUT2D eigenvalue weighted by Gasteiger charge is 2.17. The molecule has 0 spiro atoms. The molecule has 0 unspecified atom stereocenters. The number of hydrogen-bond donors (Lipinski definition) is 3. The number of rotatable bonds is 6. The summed E-state index contributed by atoms with van der Waals surface area (Å²) < 4.78 is 1.57. The highest BCUT2D eigenvalue weighted by molar-refractivity contribution is 5.98. The second-order valence-corrected chi connectivity index (χ2v) is 6.62. The Morgan fingerprint density at radius 1 is 1.14 bits per heavy atom. The summed E-state index contributed by atoms with van der Waals surface area (Å²) in [6, 6.07) is 6.66. The van der Waals surface area contributed by atoms with E-state index in [1.807, 2.05) is 13.8 Å². The van der Waals surface area contributed by atoms with Gasteiger partial charge < -0.3 is 16.4 Å². The minimum atomic E-state index is -0.583. The molecule has 3 amide bonds. The van der Waals surface area contributed by atoms with Crippen molar-refractivity contribution in [2.45, 2.75) is 26.7 Å². The molecule has 3 aromatic rings. The van der Waals surface area contributed by atoms with Crippen molar-refractivity contribution in [3.8, 4) is 0 Å². The molecule has 0 bridgehead atoms. The third-order valence-corrected chi connectivity index (χ3v) is 4.73. The van der Waals surface area contributed by atoms with Gasteiger partial charge in [0.15, 0.2) is 5.65 Å². The maximum absolute atomic E-state index is 12.3. The summed E-state index contributed by atoms with van der Waals surface area (Å²) in [5.74, 6) is -0.925. The van der Waals surface area contributed by atoms with Crippen molar-refractivity contribution >= 4 is 29.1 Å². The van der Waals surface area contributed by atoms with Crippen molar-refractivity contribution in [2.24, 2.45) is 5.73 Å². The van der Waals surface area contributed by atoms with Gasteiger partial charge in [-0.2, -0.15) is 5.10 Å². The van der Waals surface area contributed by atoms with Crippen molar-refractivity contribution in [3.05, 3.63) is 58.5 Å². The molecule has 2 aromatic heterocycles. The van der Waals surface area contributed by atoms with E-state index in [1.165, 1.54) is 6.20 Å². The van der Waals surface area contributed by atoms with Crippen LogP contribution in [0.3, 0.4) is 0 Å².